The van der Waals surface area contributed by atoms with Crippen LogP contribution in [0.4, 0.5) is 5.69 Å². The van der Waals surface area contributed by atoms with Gasteiger partial charge in [-0.1, -0.05) is 79.1 Å². The minimum atomic E-state index is -1.36. The lowest BCUT2D eigenvalue weighted by Crippen LogP contribution is -2.56. The number of anilines is 1. The molecule has 48 heavy (non-hydrogen) atoms. The van der Waals surface area contributed by atoms with Crippen LogP contribution in [0, 0.1) is 11.8 Å². The largest absolute Gasteiger partial charge is 0.455 e. The number of allylic oxidation sites excluding steroid dienone is 1. The maximum atomic E-state index is 14.8. The van der Waals surface area contributed by atoms with Gasteiger partial charge in [0.25, 0.3) is 5.91 Å². The van der Waals surface area contributed by atoms with E-state index in [0.29, 0.717) is 42.1 Å². The molecule has 0 aromatic heterocycles. The minimum Gasteiger partial charge on any atom is -0.455 e. The van der Waals surface area contributed by atoms with Crippen LogP contribution in [0.1, 0.15) is 57.1 Å². The first kappa shape index (κ1) is 33.9. The summed E-state index contributed by atoms with van der Waals surface area (Å²) in [7, 11) is 0. The van der Waals surface area contributed by atoms with Crippen molar-refractivity contribution >= 4 is 41.0 Å². The molecule has 0 radical (unpaired) electrons. The Morgan fingerprint density at radius 2 is 1.71 bits per heavy atom. The topological polar surface area (TPSA) is 125 Å². The zero-order chi connectivity index (χ0) is 33.8. The first-order valence-corrected chi connectivity index (χ1v) is 17.2. The van der Waals surface area contributed by atoms with Crippen LogP contribution in [0.3, 0.4) is 0 Å². The molecule has 0 saturated carbocycles. The van der Waals surface area contributed by atoms with Gasteiger partial charge in [0.05, 0.1) is 18.1 Å². The molecule has 254 valence electrons. The highest BCUT2D eigenvalue weighted by Crippen LogP contribution is 2.56. The van der Waals surface area contributed by atoms with E-state index in [1.165, 1.54) is 0 Å². The molecule has 10 nitrogen and oxygen atoms in total. The molecule has 4 heterocycles. The van der Waals surface area contributed by atoms with Crippen LogP contribution in [0.5, 0.6) is 0 Å². The molecule has 2 fully saturated rings. The molecule has 6 rings (SSSR count). The summed E-state index contributed by atoms with van der Waals surface area (Å²) in [6.07, 6.45) is 9.16. The van der Waals surface area contributed by atoms with E-state index in [0.717, 1.165) is 12.8 Å². The number of carbonyl (C=O) groups excluding carboxylic acids is 4. The average Bonchev–Trinajstić information content (AvgIpc) is 3.72. The highest BCUT2D eigenvalue weighted by Gasteiger charge is 2.73. The third-order valence-corrected chi connectivity index (χ3v) is 10.1. The minimum absolute atomic E-state index is 0.0919. The van der Waals surface area contributed by atoms with Gasteiger partial charge in [-0.15, -0.1) is 0 Å². The van der Waals surface area contributed by atoms with E-state index < -0.39 is 47.7 Å². The molecule has 2 saturated heterocycles. The number of rotatable bonds is 8. The van der Waals surface area contributed by atoms with Crippen molar-refractivity contribution in [2.75, 3.05) is 24.6 Å². The standard InChI is InChI=1S/C37H42ClN3O7/c1-24-32(25-12-6-4-7-13-25)47-36(46)30-28-19-20-37(48-28)31(30)34(44)41(22-9-2-3-11-23-42)33(37)35(45)40(27-17-15-26(38)16-18-27)21-10-5-8-14-29(43)39-24/h4-7,10,12-13,15-20,24,28,30-33,42H,2-3,8-9,11,14,21-23H2,1H3,(H,39,43)/b10-5-/t24-,28+,30-,31-,32+,33+,37-/m1/s1. The number of likely N-dealkylation sites (tertiary alicyclic amines) is 1. The molecule has 4 aliphatic rings. The summed E-state index contributed by atoms with van der Waals surface area (Å²) in [6.45, 7) is 2.36. The lowest BCUT2D eigenvalue weighted by molar-refractivity contribution is -0.161. The fourth-order valence-corrected chi connectivity index (χ4v) is 7.64. The Kier molecular flexibility index (Phi) is 10.3. The van der Waals surface area contributed by atoms with E-state index in [1.807, 2.05) is 42.5 Å². The number of carbonyl (C=O) groups is 4. The van der Waals surface area contributed by atoms with Gasteiger partial charge in [0.2, 0.25) is 11.8 Å². The number of amides is 3. The quantitative estimate of drug-likeness (QED) is 0.240. The van der Waals surface area contributed by atoms with Crippen molar-refractivity contribution in [1.82, 2.24) is 10.2 Å². The Labute approximate surface area is 285 Å². The monoisotopic (exact) mass is 675 g/mol. The van der Waals surface area contributed by atoms with E-state index in [2.05, 4.69) is 5.32 Å². The second-order valence-electron chi connectivity index (χ2n) is 12.9. The van der Waals surface area contributed by atoms with E-state index in [1.54, 1.807) is 53.1 Å². The Hall–Kier alpha value is -3.99. The smallest absolute Gasteiger partial charge is 0.313 e. The summed E-state index contributed by atoms with van der Waals surface area (Å²) < 4.78 is 12.8. The average molecular weight is 676 g/mol. The van der Waals surface area contributed by atoms with Crippen LogP contribution in [0.2, 0.25) is 5.02 Å². The van der Waals surface area contributed by atoms with Gasteiger partial charge in [0.15, 0.2) is 0 Å². The second kappa shape index (κ2) is 14.6. The maximum absolute atomic E-state index is 14.8. The molecule has 2 aromatic carbocycles. The normalized spacial score (nSPS) is 31.1. The molecule has 0 aliphatic carbocycles. The molecule has 5 bridgehead atoms. The van der Waals surface area contributed by atoms with Gasteiger partial charge >= 0.3 is 5.97 Å². The van der Waals surface area contributed by atoms with Crippen molar-refractivity contribution in [1.29, 1.82) is 0 Å². The molecule has 3 amide bonds. The van der Waals surface area contributed by atoms with Crippen LogP contribution < -0.4 is 10.2 Å². The molecule has 2 aromatic rings. The summed E-state index contributed by atoms with van der Waals surface area (Å²) >= 11 is 6.20. The molecule has 0 unspecified atom stereocenters. The van der Waals surface area contributed by atoms with Gasteiger partial charge in [0, 0.05) is 36.8 Å². The second-order valence-corrected chi connectivity index (χ2v) is 13.4. The van der Waals surface area contributed by atoms with Crippen LogP contribution >= 0.6 is 11.6 Å². The van der Waals surface area contributed by atoms with Gasteiger partial charge in [-0.3, -0.25) is 19.2 Å². The number of hydrogen-bond acceptors (Lipinski definition) is 7. The van der Waals surface area contributed by atoms with Crippen molar-refractivity contribution in [3.63, 3.8) is 0 Å². The fraction of sp³-hybridized carbons (Fsp3) is 0.459. The molecular weight excluding hydrogens is 634 g/mol. The number of aliphatic hydroxyl groups excluding tert-OH is 1. The van der Waals surface area contributed by atoms with Crippen LogP contribution in [0.25, 0.3) is 0 Å². The third-order valence-electron chi connectivity index (χ3n) is 9.80. The number of benzene rings is 2. The zero-order valence-corrected chi connectivity index (χ0v) is 27.8. The summed E-state index contributed by atoms with van der Waals surface area (Å²) in [5.41, 5.74) is -0.0653. The molecule has 4 aliphatic heterocycles. The Morgan fingerprint density at radius 1 is 0.958 bits per heavy atom. The van der Waals surface area contributed by atoms with Crippen molar-refractivity contribution in [2.24, 2.45) is 11.8 Å². The number of nitrogens with one attached hydrogen (secondary N) is 1. The zero-order valence-electron chi connectivity index (χ0n) is 27.0. The van der Waals surface area contributed by atoms with Crippen molar-refractivity contribution in [3.05, 3.63) is 89.5 Å². The number of halogens is 1. The number of unbranched alkanes of at least 4 members (excludes halogenated alkanes) is 3. The predicted octanol–water partition coefficient (Wildman–Crippen LogP) is 4.52. The Bertz CT molecular complexity index is 1560. The van der Waals surface area contributed by atoms with Gasteiger partial charge in [-0.2, -0.15) is 0 Å². The maximum Gasteiger partial charge on any atom is 0.313 e. The van der Waals surface area contributed by atoms with Crippen LogP contribution in [0.15, 0.2) is 78.9 Å². The third kappa shape index (κ3) is 6.53. The number of ether oxygens (including phenoxy) is 2. The Balaban J connectivity index is 1.41. The van der Waals surface area contributed by atoms with Crippen LogP contribution in [-0.2, 0) is 28.7 Å². The van der Waals surface area contributed by atoms with E-state index in [9.17, 15) is 24.3 Å². The first-order chi connectivity index (χ1) is 23.2. The fourth-order valence-electron chi connectivity index (χ4n) is 7.52. The van der Waals surface area contributed by atoms with Crippen molar-refractivity contribution < 1.29 is 33.8 Å². The summed E-state index contributed by atoms with van der Waals surface area (Å²) in [5, 5.41) is 12.8. The van der Waals surface area contributed by atoms with Crippen LogP contribution in [-0.4, -0.2) is 77.2 Å². The number of cyclic esters (lactones) is 1. The lowest BCUT2D eigenvalue weighted by atomic mass is 9.74. The number of esters is 1. The van der Waals surface area contributed by atoms with Gasteiger partial charge < -0.3 is 29.7 Å². The summed E-state index contributed by atoms with van der Waals surface area (Å²) in [5.74, 6) is -3.43. The molecule has 11 heteroatoms. The molecule has 7 atom stereocenters. The van der Waals surface area contributed by atoms with Crippen molar-refractivity contribution in [2.45, 2.75) is 75.3 Å². The molecule has 2 N–H and O–H groups in total. The number of nitrogens with zero attached hydrogens (tertiary/aromatic N) is 2. The summed E-state index contributed by atoms with van der Waals surface area (Å²) in [6, 6.07) is 14.5. The van der Waals surface area contributed by atoms with Gasteiger partial charge in [0.1, 0.15) is 23.7 Å². The highest BCUT2D eigenvalue weighted by atomic mass is 35.5. The van der Waals surface area contributed by atoms with E-state index >= 15 is 0 Å². The first-order valence-electron chi connectivity index (χ1n) is 16.8. The number of hydrogen-bond donors (Lipinski definition) is 2. The summed E-state index contributed by atoms with van der Waals surface area (Å²) in [4.78, 5) is 59.7. The highest BCUT2D eigenvalue weighted by molar-refractivity contribution is 6.30. The number of fused-ring (bicyclic) bond motifs is 2. The Morgan fingerprint density at radius 3 is 2.46 bits per heavy atom. The lowest BCUT2D eigenvalue weighted by Gasteiger charge is -2.36. The van der Waals surface area contributed by atoms with E-state index in [-0.39, 0.29) is 37.3 Å². The van der Waals surface area contributed by atoms with Gasteiger partial charge in [-0.25, -0.2) is 0 Å². The SMILES string of the molecule is C[C@H]1NC(=O)CC/C=C\CN(c2ccc(Cl)cc2)C(=O)[C@@H]2N(CCCCCCO)C(=O)[C@H]3[C@H](C(=O)O[C@@H]1c1ccccc1)[C@@H]1C=C[C@]23O1. The predicted molar refractivity (Wildman–Crippen MR) is 180 cm³/mol. The van der Waals surface area contributed by atoms with E-state index in [4.69, 9.17) is 21.1 Å². The van der Waals surface area contributed by atoms with Gasteiger partial charge in [-0.05, 0) is 56.0 Å². The number of aliphatic hydroxyl groups is 1. The molecular formula is C37H42ClN3O7. The molecule has 1 spiro atoms. The van der Waals surface area contributed by atoms with Crippen molar-refractivity contribution in [3.8, 4) is 0 Å².